The molecule has 0 unspecified atom stereocenters. The Kier molecular flexibility index (Phi) is 6.01. The van der Waals surface area contributed by atoms with E-state index in [1.165, 1.54) is 35.0 Å². The standard InChI is InChI=1S/C21H21F3N4O2S/c1-30-18-14-28(16-5-2-4-15(12-16)21(22,23)24)25-19(18)20(29)27-9-7-26(8-10-27)13-17-6-3-11-31-17/h2-6,11-12,14H,7-10,13H2,1H3. The van der Waals surface area contributed by atoms with Crippen molar-refractivity contribution in [3.63, 3.8) is 0 Å². The van der Waals surface area contributed by atoms with Gasteiger partial charge < -0.3 is 9.64 Å². The van der Waals surface area contributed by atoms with Crippen LogP contribution in [-0.2, 0) is 12.7 Å². The van der Waals surface area contributed by atoms with Crippen molar-refractivity contribution in [1.82, 2.24) is 19.6 Å². The molecule has 6 nitrogen and oxygen atoms in total. The van der Waals surface area contributed by atoms with Crippen molar-refractivity contribution in [1.29, 1.82) is 0 Å². The Balaban J connectivity index is 1.49. The third kappa shape index (κ3) is 4.75. The van der Waals surface area contributed by atoms with Gasteiger partial charge in [-0.3, -0.25) is 9.69 Å². The minimum absolute atomic E-state index is 0.0895. The molecule has 1 fully saturated rings. The number of halogens is 3. The Morgan fingerprint density at radius 3 is 2.58 bits per heavy atom. The number of hydrogen-bond acceptors (Lipinski definition) is 5. The van der Waals surface area contributed by atoms with E-state index in [4.69, 9.17) is 4.74 Å². The Hall–Kier alpha value is -2.85. The van der Waals surface area contributed by atoms with Gasteiger partial charge >= 0.3 is 6.18 Å². The van der Waals surface area contributed by atoms with Gasteiger partial charge in [0.15, 0.2) is 11.4 Å². The molecule has 1 aliphatic heterocycles. The maximum absolute atomic E-state index is 13.0. The Labute approximate surface area is 181 Å². The number of nitrogens with zero attached hydrogens (tertiary/aromatic N) is 4. The van der Waals surface area contributed by atoms with Crippen molar-refractivity contribution in [2.45, 2.75) is 12.7 Å². The van der Waals surface area contributed by atoms with E-state index in [0.717, 1.165) is 31.8 Å². The van der Waals surface area contributed by atoms with E-state index in [1.54, 1.807) is 16.2 Å². The molecule has 1 aromatic carbocycles. The lowest BCUT2D eigenvalue weighted by atomic mass is 10.2. The second kappa shape index (κ2) is 8.72. The first-order valence-corrected chi connectivity index (χ1v) is 10.6. The zero-order valence-electron chi connectivity index (χ0n) is 16.8. The molecule has 1 saturated heterocycles. The molecule has 31 heavy (non-hydrogen) atoms. The van der Waals surface area contributed by atoms with Crippen molar-refractivity contribution in [3.05, 3.63) is 64.1 Å². The molecule has 1 amide bonds. The number of methoxy groups -OCH3 is 1. The lowest BCUT2D eigenvalue weighted by Crippen LogP contribution is -2.48. The Morgan fingerprint density at radius 2 is 1.94 bits per heavy atom. The minimum Gasteiger partial charge on any atom is -0.493 e. The summed E-state index contributed by atoms with van der Waals surface area (Å²) in [6.07, 6.45) is -3.04. The van der Waals surface area contributed by atoms with Gasteiger partial charge in [-0.25, -0.2) is 4.68 Å². The van der Waals surface area contributed by atoms with Crippen LogP contribution in [0.4, 0.5) is 13.2 Å². The van der Waals surface area contributed by atoms with E-state index in [-0.39, 0.29) is 23.0 Å². The maximum atomic E-state index is 13.0. The van der Waals surface area contributed by atoms with Crippen molar-refractivity contribution in [2.75, 3.05) is 33.3 Å². The lowest BCUT2D eigenvalue weighted by molar-refractivity contribution is -0.137. The number of amides is 1. The topological polar surface area (TPSA) is 50.6 Å². The molecule has 1 aliphatic rings. The number of piperazine rings is 1. The van der Waals surface area contributed by atoms with Crippen molar-refractivity contribution < 1.29 is 22.7 Å². The molecule has 0 atom stereocenters. The number of benzene rings is 1. The molecule has 0 N–H and O–H groups in total. The first kappa shape index (κ1) is 21.4. The summed E-state index contributed by atoms with van der Waals surface area (Å²) in [5.74, 6) is -0.0678. The normalized spacial score (nSPS) is 15.3. The molecule has 4 rings (SSSR count). The van der Waals surface area contributed by atoms with E-state index < -0.39 is 11.7 Å². The van der Waals surface area contributed by atoms with Crippen molar-refractivity contribution in [3.8, 4) is 11.4 Å². The van der Waals surface area contributed by atoms with Gasteiger partial charge in [-0.2, -0.15) is 18.3 Å². The van der Waals surface area contributed by atoms with Gasteiger partial charge in [-0.15, -0.1) is 11.3 Å². The van der Waals surface area contributed by atoms with Gasteiger partial charge in [0, 0.05) is 37.6 Å². The van der Waals surface area contributed by atoms with E-state index in [2.05, 4.69) is 16.1 Å². The summed E-state index contributed by atoms with van der Waals surface area (Å²) in [7, 11) is 1.41. The van der Waals surface area contributed by atoms with Crippen LogP contribution in [0, 0.1) is 0 Å². The van der Waals surface area contributed by atoms with Crippen LogP contribution in [0.15, 0.2) is 48.0 Å². The van der Waals surface area contributed by atoms with Gasteiger partial charge in [-0.1, -0.05) is 12.1 Å². The molecular formula is C21H21F3N4O2S. The molecule has 10 heteroatoms. The van der Waals surface area contributed by atoms with Crippen LogP contribution in [0.2, 0.25) is 0 Å². The molecule has 164 valence electrons. The highest BCUT2D eigenvalue weighted by molar-refractivity contribution is 7.09. The third-order valence-electron chi connectivity index (χ3n) is 5.16. The highest BCUT2D eigenvalue weighted by Gasteiger charge is 2.31. The summed E-state index contributed by atoms with van der Waals surface area (Å²) in [5, 5.41) is 6.29. The average Bonchev–Trinajstić information content (AvgIpc) is 3.43. The van der Waals surface area contributed by atoms with Gasteiger partial charge in [0.25, 0.3) is 5.91 Å². The average molecular weight is 450 g/mol. The summed E-state index contributed by atoms with van der Waals surface area (Å²) >= 11 is 1.71. The fourth-order valence-corrected chi connectivity index (χ4v) is 4.24. The minimum atomic E-state index is -4.46. The van der Waals surface area contributed by atoms with E-state index in [1.807, 2.05) is 11.4 Å². The molecule has 0 bridgehead atoms. The molecule has 0 aliphatic carbocycles. The number of thiophene rings is 1. The second-order valence-electron chi connectivity index (χ2n) is 7.19. The fraction of sp³-hybridized carbons (Fsp3) is 0.333. The second-order valence-corrected chi connectivity index (χ2v) is 8.22. The molecule has 0 spiro atoms. The number of hydrogen-bond donors (Lipinski definition) is 0. The zero-order chi connectivity index (χ0) is 22.0. The van der Waals surface area contributed by atoms with Crippen LogP contribution >= 0.6 is 11.3 Å². The molecule has 3 aromatic rings. The summed E-state index contributed by atoms with van der Waals surface area (Å²) in [6.45, 7) is 3.42. The molecular weight excluding hydrogens is 429 g/mol. The predicted molar refractivity (Wildman–Crippen MR) is 111 cm³/mol. The fourth-order valence-electron chi connectivity index (χ4n) is 3.49. The third-order valence-corrected chi connectivity index (χ3v) is 6.02. The van der Waals surface area contributed by atoms with E-state index in [0.29, 0.717) is 13.1 Å². The highest BCUT2D eigenvalue weighted by atomic mass is 32.1. The molecule has 0 saturated carbocycles. The maximum Gasteiger partial charge on any atom is 0.416 e. The van der Waals surface area contributed by atoms with Crippen LogP contribution in [-0.4, -0.2) is 58.8 Å². The van der Waals surface area contributed by atoms with Crippen LogP contribution < -0.4 is 4.74 Å². The number of ether oxygens (including phenoxy) is 1. The quantitative estimate of drug-likeness (QED) is 0.591. The largest absolute Gasteiger partial charge is 0.493 e. The zero-order valence-corrected chi connectivity index (χ0v) is 17.6. The first-order chi connectivity index (χ1) is 14.8. The SMILES string of the molecule is COc1cn(-c2cccc(C(F)(F)F)c2)nc1C(=O)N1CCN(Cc2cccs2)CC1. The van der Waals surface area contributed by atoms with Crippen molar-refractivity contribution in [2.24, 2.45) is 0 Å². The van der Waals surface area contributed by atoms with Crippen LogP contribution in [0.5, 0.6) is 5.75 Å². The Morgan fingerprint density at radius 1 is 1.16 bits per heavy atom. The van der Waals surface area contributed by atoms with Crippen molar-refractivity contribution >= 4 is 17.2 Å². The monoisotopic (exact) mass is 450 g/mol. The summed E-state index contributed by atoms with van der Waals surface area (Å²) in [6, 6.07) is 8.90. The molecule has 3 heterocycles. The van der Waals surface area contributed by atoms with Gasteiger partial charge in [-0.05, 0) is 29.6 Å². The van der Waals surface area contributed by atoms with Gasteiger partial charge in [0.05, 0.1) is 24.6 Å². The smallest absolute Gasteiger partial charge is 0.416 e. The number of carbonyl (C=O) groups is 1. The number of aromatic nitrogens is 2. The van der Waals surface area contributed by atoms with E-state index >= 15 is 0 Å². The number of rotatable bonds is 5. The lowest BCUT2D eigenvalue weighted by Gasteiger charge is -2.34. The number of carbonyl (C=O) groups excluding carboxylic acids is 1. The van der Waals surface area contributed by atoms with Gasteiger partial charge in [0.2, 0.25) is 0 Å². The summed E-state index contributed by atoms with van der Waals surface area (Å²) in [5.41, 5.74) is -0.492. The number of alkyl halides is 3. The summed E-state index contributed by atoms with van der Waals surface area (Å²) < 4.78 is 45.6. The summed E-state index contributed by atoms with van der Waals surface area (Å²) in [4.78, 5) is 18.3. The molecule has 0 radical (unpaired) electrons. The van der Waals surface area contributed by atoms with Crippen LogP contribution in [0.25, 0.3) is 5.69 Å². The highest BCUT2D eigenvalue weighted by Crippen LogP contribution is 2.31. The Bertz CT molecular complexity index is 1040. The van der Waals surface area contributed by atoms with E-state index in [9.17, 15) is 18.0 Å². The van der Waals surface area contributed by atoms with Gasteiger partial charge in [0.1, 0.15) is 0 Å². The van der Waals surface area contributed by atoms with Crippen LogP contribution in [0.1, 0.15) is 20.9 Å². The van der Waals surface area contributed by atoms with Crippen LogP contribution in [0.3, 0.4) is 0 Å². The predicted octanol–water partition coefficient (Wildman–Crippen LogP) is 3.92. The molecule has 2 aromatic heterocycles. The first-order valence-electron chi connectivity index (χ1n) is 9.70.